The van der Waals surface area contributed by atoms with Crippen molar-refractivity contribution in [2.75, 3.05) is 23.9 Å². The third kappa shape index (κ3) is 11.5. The van der Waals surface area contributed by atoms with Gasteiger partial charge in [-0.3, -0.25) is 18.1 Å². The van der Waals surface area contributed by atoms with Crippen LogP contribution in [0.2, 0.25) is 5.02 Å². The normalized spacial score (nSPS) is 12.8. The van der Waals surface area contributed by atoms with Crippen molar-refractivity contribution < 1.29 is 48.8 Å². The second kappa shape index (κ2) is 20.3. The van der Waals surface area contributed by atoms with Crippen molar-refractivity contribution in [2.24, 2.45) is 30.7 Å². The SMILES string of the molecule is Cc1cc(N=Nc2cc(OCCCS(=O)(=O)O)c(N=Nc3c(C)c(C#N)c4nc5ccc(Cl)cc5n4c3O)cc2C)c(SCCCS(=O)(=O)O)cc1N=Nc1nc2c(S(=O)(=O)O)cc3ccccc3c2s1. The number of thiazole rings is 1. The lowest BCUT2D eigenvalue weighted by molar-refractivity contribution is 0.317. The summed E-state index contributed by atoms with van der Waals surface area (Å²) in [5.74, 6) is -1.20. The first kappa shape index (κ1) is 50.8. The molecule has 27 heteroatoms. The summed E-state index contributed by atoms with van der Waals surface area (Å²) >= 11 is 8.54. The summed E-state index contributed by atoms with van der Waals surface area (Å²) in [5.41, 5.74) is 3.53. The summed E-state index contributed by atoms with van der Waals surface area (Å²) < 4.78 is 107. The van der Waals surface area contributed by atoms with Gasteiger partial charge in [-0.15, -0.1) is 37.3 Å². The molecular formula is C44H37ClN10O11S5. The van der Waals surface area contributed by atoms with Crippen LogP contribution >= 0.6 is 34.7 Å². The second-order valence-electron chi connectivity index (χ2n) is 15.7. The number of fused-ring (bicyclic) bond motifs is 6. The van der Waals surface area contributed by atoms with Crippen LogP contribution in [-0.4, -0.2) is 82.3 Å². The zero-order chi connectivity index (χ0) is 51.0. The number of nitriles is 1. The standard InChI is InChI=1S/C44H37ClN10O11S5/c1-23-16-33(51-53-39-25(3)29(22-46)42-47-30-11-10-27(45)19-35(30)55(42)43(39)56)36(66-12-6-14-69(57,58)59)20-31(23)49-52-34-17-24(2)32(21-37(34)67-13-7-15-70(60,61)62)50-54-44-48-40-38(71(63,64)65)18-26-8-4-5-9-28(26)41(40)68-44/h4-5,8-11,16-21,56H,6-7,12-15H2,1-3H3,(H,57,58,59)(H,60,61,62)(H,63,64,65). The first-order chi connectivity index (χ1) is 33.6. The number of hydrogen-bond donors (Lipinski definition) is 4. The van der Waals surface area contributed by atoms with Gasteiger partial charge in [0.25, 0.3) is 30.4 Å². The van der Waals surface area contributed by atoms with E-state index in [0.717, 1.165) is 11.3 Å². The number of imidazole rings is 1. The Labute approximate surface area is 417 Å². The highest BCUT2D eigenvalue weighted by Gasteiger charge is 2.23. The number of hydrogen-bond acceptors (Lipinski definition) is 19. The number of aromatic hydroxyl groups is 1. The van der Waals surface area contributed by atoms with Gasteiger partial charge in [-0.25, -0.2) is 9.97 Å². The minimum absolute atomic E-state index is 0.0294. The van der Waals surface area contributed by atoms with E-state index in [9.17, 15) is 49.3 Å². The average Bonchev–Trinajstić information content (AvgIpc) is 3.90. The molecule has 366 valence electrons. The van der Waals surface area contributed by atoms with Crippen LogP contribution in [-0.2, 0) is 30.4 Å². The molecule has 3 aromatic heterocycles. The molecule has 0 aliphatic rings. The van der Waals surface area contributed by atoms with E-state index in [1.807, 2.05) is 0 Å². The van der Waals surface area contributed by atoms with Gasteiger partial charge in [-0.05, 0) is 98.3 Å². The van der Waals surface area contributed by atoms with E-state index in [2.05, 4.69) is 46.7 Å². The number of aromatic nitrogens is 3. The number of rotatable bonds is 17. The Balaban J connectivity index is 1.16. The maximum atomic E-state index is 12.4. The van der Waals surface area contributed by atoms with Crippen LogP contribution in [0.25, 0.3) is 37.7 Å². The number of benzene rings is 5. The average molecular weight is 1080 g/mol. The third-order valence-corrected chi connectivity index (χ3v) is 15.5. The fraction of sp³-hybridized carbons (Fsp3) is 0.205. The number of azo groups is 3. The van der Waals surface area contributed by atoms with Crippen molar-refractivity contribution in [1.82, 2.24) is 14.4 Å². The molecule has 21 nitrogen and oxygen atoms in total. The Morgan fingerprint density at radius 3 is 2.17 bits per heavy atom. The van der Waals surface area contributed by atoms with Gasteiger partial charge in [0.15, 0.2) is 11.3 Å². The number of ether oxygens (including phenoxy) is 1. The Kier molecular flexibility index (Phi) is 14.5. The summed E-state index contributed by atoms with van der Waals surface area (Å²) in [6.07, 6.45) is -0.0364. The van der Waals surface area contributed by atoms with Crippen LogP contribution in [0.3, 0.4) is 0 Å². The number of nitrogens with zero attached hydrogens (tertiary/aromatic N) is 10. The van der Waals surface area contributed by atoms with Gasteiger partial charge in [0, 0.05) is 26.9 Å². The van der Waals surface area contributed by atoms with Crippen LogP contribution in [0.1, 0.15) is 35.1 Å². The topological polar surface area (TPSA) is 321 Å². The molecule has 0 amide bonds. The third-order valence-electron chi connectivity index (χ3n) is 10.7. The lowest BCUT2D eigenvalue weighted by Crippen LogP contribution is -2.08. The van der Waals surface area contributed by atoms with Crippen molar-refractivity contribution in [1.29, 1.82) is 5.26 Å². The minimum atomic E-state index is -4.66. The quantitative estimate of drug-likeness (QED) is 0.0285. The Morgan fingerprint density at radius 2 is 1.45 bits per heavy atom. The molecule has 0 radical (unpaired) electrons. The second-order valence-corrected chi connectivity index (χ2v) is 22.8. The number of halogens is 1. The van der Waals surface area contributed by atoms with Gasteiger partial charge in [0.1, 0.15) is 33.5 Å². The maximum absolute atomic E-state index is 12.4. The molecule has 8 aromatic rings. The van der Waals surface area contributed by atoms with Crippen LogP contribution in [0.15, 0.2) is 113 Å². The van der Waals surface area contributed by atoms with Crippen molar-refractivity contribution in [2.45, 2.75) is 43.4 Å². The van der Waals surface area contributed by atoms with Gasteiger partial charge in [-0.2, -0.15) is 35.6 Å². The zero-order valence-electron chi connectivity index (χ0n) is 37.2. The minimum Gasteiger partial charge on any atom is -0.493 e. The van der Waals surface area contributed by atoms with E-state index in [4.69, 9.17) is 16.3 Å². The number of aryl methyl sites for hydroxylation is 2. The molecular weight excluding hydrogens is 1040 g/mol. The summed E-state index contributed by atoms with van der Waals surface area (Å²) in [7, 11) is -13.2. The van der Waals surface area contributed by atoms with Crippen molar-refractivity contribution >= 4 is 136 Å². The molecule has 0 fully saturated rings. The zero-order valence-corrected chi connectivity index (χ0v) is 42.0. The van der Waals surface area contributed by atoms with E-state index in [-0.39, 0.29) is 86.2 Å². The Hall–Kier alpha value is -6.54. The largest absolute Gasteiger partial charge is 0.493 e. The van der Waals surface area contributed by atoms with Crippen molar-refractivity contribution in [3.05, 3.63) is 100 Å². The molecule has 0 bridgehead atoms. The molecule has 5 aromatic carbocycles. The maximum Gasteiger partial charge on any atom is 0.296 e. The van der Waals surface area contributed by atoms with E-state index >= 15 is 0 Å². The first-order valence-electron chi connectivity index (χ1n) is 20.8. The molecule has 0 aliphatic heterocycles. The van der Waals surface area contributed by atoms with E-state index in [1.54, 1.807) is 81.4 Å². The van der Waals surface area contributed by atoms with Crippen LogP contribution in [0.4, 0.5) is 33.6 Å². The lowest BCUT2D eigenvalue weighted by atomic mass is 10.1. The number of pyridine rings is 1. The fourth-order valence-corrected chi connectivity index (χ4v) is 11.2. The van der Waals surface area contributed by atoms with Crippen molar-refractivity contribution in [3.63, 3.8) is 0 Å². The van der Waals surface area contributed by atoms with Gasteiger partial charge >= 0.3 is 0 Å². The molecule has 0 atom stereocenters. The molecule has 0 unspecified atom stereocenters. The predicted molar refractivity (Wildman–Crippen MR) is 269 cm³/mol. The number of thioether (sulfide) groups is 1. The Morgan fingerprint density at radius 1 is 0.789 bits per heavy atom. The molecule has 8 rings (SSSR count). The Bertz CT molecular complexity index is 3970. The first-order valence-corrected chi connectivity index (χ1v) is 27.7. The smallest absolute Gasteiger partial charge is 0.296 e. The van der Waals surface area contributed by atoms with E-state index < -0.39 is 41.9 Å². The molecule has 4 N–H and O–H groups in total. The molecule has 0 aliphatic carbocycles. The van der Waals surface area contributed by atoms with E-state index in [1.165, 1.54) is 28.3 Å². The molecule has 0 spiro atoms. The monoisotopic (exact) mass is 1080 g/mol. The molecule has 71 heavy (non-hydrogen) atoms. The van der Waals surface area contributed by atoms with Crippen LogP contribution < -0.4 is 4.74 Å². The predicted octanol–water partition coefficient (Wildman–Crippen LogP) is 11.9. The summed E-state index contributed by atoms with van der Waals surface area (Å²) in [6.45, 7) is 4.80. The van der Waals surface area contributed by atoms with E-state index in [0.29, 0.717) is 58.9 Å². The van der Waals surface area contributed by atoms with Gasteiger partial charge in [-0.1, -0.05) is 47.2 Å². The molecule has 0 saturated heterocycles. The highest BCUT2D eigenvalue weighted by Crippen LogP contribution is 2.44. The highest BCUT2D eigenvalue weighted by atomic mass is 35.5. The van der Waals surface area contributed by atoms with Crippen LogP contribution in [0, 0.1) is 32.1 Å². The van der Waals surface area contributed by atoms with Gasteiger partial charge < -0.3 is 9.84 Å². The summed E-state index contributed by atoms with van der Waals surface area (Å²) in [6, 6.07) is 21.7. The van der Waals surface area contributed by atoms with Gasteiger partial charge in [0.05, 0.1) is 50.9 Å². The highest BCUT2D eigenvalue weighted by molar-refractivity contribution is 7.99. The summed E-state index contributed by atoms with van der Waals surface area (Å²) in [5, 5.41) is 49.9. The van der Waals surface area contributed by atoms with Crippen LogP contribution in [0.5, 0.6) is 11.6 Å². The fourth-order valence-electron chi connectivity index (χ4n) is 7.26. The van der Waals surface area contributed by atoms with Gasteiger partial charge in [0.2, 0.25) is 11.0 Å². The molecule has 3 heterocycles. The molecule has 0 saturated carbocycles. The summed E-state index contributed by atoms with van der Waals surface area (Å²) in [4.78, 5) is 9.00. The lowest BCUT2D eigenvalue weighted by Gasteiger charge is -2.12. The van der Waals surface area contributed by atoms with Crippen molar-refractivity contribution in [3.8, 4) is 17.7 Å².